The van der Waals surface area contributed by atoms with Crippen molar-refractivity contribution in [2.24, 2.45) is 0 Å². The summed E-state index contributed by atoms with van der Waals surface area (Å²) in [5.74, 6) is 1.32. The third-order valence-electron chi connectivity index (χ3n) is 4.20. The molecule has 1 saturated heterocycles. The van der Waals surface area contributed by atoms with E-state index in [9.17, 15) is 4.79 Å². The van der Waals surface area contributed by atoms with E-state index in [2.05, 4.69) is 26.1 Å². The zero-order chi connectivity index (χ0) is 16.4. The maximum Gasteiger partial charge on any atom is 0.230 e. The molecule has 128 valence electrons. The Morgan fingerprint density at radius 3 is 3.04 bits per heavy atom. The van der Waals surface area contributed by atoms with Crippen molar-refractivity contribution in [1.29, 1.82) is 0 Å². The number of hydrogen-bond donors (Lipinski definition) is 1. The molecular formula is C16H20N4O2S2. The molecule has 0 aromatic carbocycles. The Morgan fingerprint density at radius 2 is 2.33 bits per heavy atom. The molecule has 1 aliphatic carbocycles. The summed E-state index contributed by atoms with van der Waals surface area (Å²) in [6.07, 6.45) is 4.63. The lowest BCUT2D eigenvalue weighted by molar-refractivity contribution is -0.119. The molecule has 2 aliphatic rings. The zero-order valence-electron chi connectivity index (χ0n) is 13.3. The van der Waals surface area contributed by atoms with E-state index in [-0.39, 0.29) is 12.0 Å². The summed E-state index contributed by atoms with van der Waals surface area (Å²) in [6, 6.07) is 4.57. The first-order valence-corrected chi connectivity index (χ1v) is 10.2. The maximum atomic E-state index is 12.1. The molecule has 0 bridgehead atoms. The van der Waals surface area contributed by atoms with Crippen LogP contribution in [0.3, 0.4) is 0 Å². The normalized spacial score (nSPS) is 20.4. The molecule has 1 saturated carbocycles. The SMILES string of the molecule is O=C(CSc1nnc(-c2cccs2)n1C1CC1)NC[C@H]1CCCO1. The van der Waals surface area contributed by atoms with E-state index < -0.39 is 0 Å². The van der Waals surface area contributed by atoms with Gasteiger partial charge in [0.25, 0.3) is 0 Å². The summed E-state index contributed by atoms with van der Waals surface area (Å²) < 4.78 is 7.72. The Hall–Kier alpha value is -1.38. The number of carbonyl (C=O) groups is 1. The molecule has 1 aliphatic heterocycles. The molecule has 3 heterocycles. The predicted molar refractivity (Wildman–Crippen MR) is 94.3 cm³/mol. The molecule has 1 atom stereocenters. The van der Waals surface area contributed by atoms with Gasteiger partial charge in [0, 0.05) is 19.2 Å². The van der Waals surface area contributed by atoms with Crippen LogP contribution in [-0.2, 0) is 9.53 Å². The van der Waals surface area contributed by atoms with Gasteiger partial charge in [-0.1, -0.05) is 17.8 Å². The summed E-state index contributed by atoms with van der Waals surface area (Å²) in [4.78, 5) is 13.2. The molecule has 6 nitrogen and oxygen atoms in total. The van der Waals surface area contributed by atoms with Crippen molar-refractivity contribution < 1.29 is 9.53 Å². The highest BCUT2D eigenvalue weighted by Gasteiger charge is 2.30. The van der Waals surface area contributed by atoms with Crippen LogP contribution in [-0.4, -0.2) is 45.7 Å². The van der Waals surface area contributed by atoms with E-state index in [4.69, 9.17) is 4.74 Å². The van der Waals surface area contributed by atoms with Crippen LogP contribution in [0, 0.1) is 0 Å². The fraction of sp³-hybridized carbons (Fsp3) is 0.562. The van der Waals surface area contributed by atoms with Gasteiger partial charge in [0.05, 0.1) is 16.7 Å². The standard InChI is InChI=1S/C16H20N4O2S2/c21-14(17-9-12-3-1-7-22-12)10-24-16-19-18-15(13-4-2-8-23-13)20(16)11-5-6-11/h2,4,8,11-12H,1,3,5-7,9-10H2,(H,17,21)/t12-/m1/s1. The minimum atomic E-state index is 0.0264. The van der Waals surface area contributed by atoms with Gasteiger partial charge in [-0.2, -0.15) is 0 Å². The van der Waals surface area contributed by atoms with Crippen molar-refractivity contribution in [3.63, 3.8) is 0 Å². The number of aromatic nitrogens is 3. The van der Waals surface area contributed by atoms with Crippen molar-refractivity contribution >= 4 is 29.0 Å². The topological polar surface area (TPSA) is 69.0 Å². The van der Waals surface area contributed by atoms with Gasteiger partial charge in [0.2, 0.25) is 5.91 Å². The molecule has 8 heteroatoms. The first kappa shape index (κ1) is 16.1. The van der Waals surface area contributed by atoms with Gasteiger partial charge in [0.15, 0.2) is 11.0 Å². The zero-order valence-corrected chi connectivity index (χ0v) is 14.9. The minimum absolute atomic E-state index is 0.0264. The molecule has 0 unspecified atom stereocenters. The van der Waals surface area contributed by atoms with Gasteiger partial charge in [0.1, 0.15) is 0 Å². The molecule has 1 N–H and O–H groups in total. The third-order valence-corrected chi connectivity index (χ3v) is 6.01. The average molecular weight is 364 g/mol. The van der Waals surface area contributed by atoms with Crippen LogP contribution >= 0.6 is 23.1 Å². The van der Waals surface area contributed by atoms with Crippen LogP contribution in [0.25, 0.3) is 10.7 Å². The first-order valence-electron chi connectivity index (χ1n) is 8.31. The number of thioether (sulfide) groups is 1. The van der Waals surface area contributed by atoms with Crippen LogP contribution < -0.4 is 5.32 Å². The van der Waals surface area contributed by atoms with Crippen molar-refractivity contribution in [3.8, 4) is 10.7 Å². The smallest absolute Gasteiger partial charge is 0.230 e. The van der Waals surface area contributed by atoms with Crippen LogP contribution in [0.15, 0.2) is 22.7 Å². The second kappa shape index (κ2) is 7.25. The Balaban J connectivity index is 1.37. The number of rotatable bonds is 7. The lowest BCUT2D eigenvalue weighted by Gasteiger charge is -2.11. The largest absolute Gasteiger partial charge is 0.376 e. The van der Waals surface area contributed by atoms with Crippen molar-refractivity contribution in [1.82, 2.24) is 20.1 Å². The number of thiophene rings is 1. The van der Waals surface area contributed by atoms with Gasteiger partial charge in [-0.3, -0.25) is 9.36 Å². The molecule has 2 aromatic rings. The number of carbonyl (C=O) groups excluding carboxylic acids is 1. The van der Waals surface area contributed by atoms with Gasteiger partial charge in [-0.15, -0.1) is 21.5 Å². The molecule has 2 fully saturated rings. The van der Waals surface area contributed by atoms with Crippen LogP contribution in [0.1, 0.15) is 31.7 Å². The second-order valence-electron chi connectivity index (χ2n) is 6.11. The van der Waals surface area contributed by atoms with Gasteiger partial charge >= 0.3 is 0 Å². The number of ether oxygens (including phenoxy) is 1. The lowest BCUT2D eigenvalue weighted by Crippen LogP contribution is -2.32. The van der Waals surface area contributed by atoms with E-state index in [1.54, 1.807) is 11.3 Å². The number of amides is 1. The summed E-state index contributed by atoms with van der Waals surface area (Å²) in [6.45, 7) is 1.42. The molecule has 0 radical (unpaired) electrons. The minimum Gasteiger partial charge on any atom is -0.376 e. The Labute approximate surface area is 149 Å². The highest BCUT2D eigenvalue weighted by molar-refractivity contribution is 7.99. The molecule has 4 rings (SSSR count). The predicted octanol–water partition coefficient (Wildman–Crippen LogP) is 2.73. The van der Waals surface area contributed by atoms with E-state index >= 15 is 0 Å². The van der Waals surface area contributed by atoms with Crippen LogP contribution in [0.4, 0.5) is 0 Å². The van der Waals surface area contributed by atoms with E-state index in [1.165, 1.54) is 11.8 Å². The molecule has 1 amide bonds. The highest BCUT2D eigenvalue weighted by atomic mass is 32.2. The average Bonchev–Trinajstić information content (AvgIpc) is 3.05. The van der Waals surface area contributed by atoms with Crippen molar-refractivity contribution in [3.05, 3.63) is 17.5 Å². The highest BCUT2D eigenvalue weighted by Crippen LogP contribution is 2.41. The maximum absolute atomic E-state index is 12.1. The summed E-state index contributed by atoms with van der Waals surface area (Å²) >= 11 is 3.13. The van der Waals surface area contributed by atoms with Crippen molar-refractivity contribution in [2.45, 2.75) is 43.0 Å². The fourth-order valence-electron chi connectivity index (χ4n) is 2.83. The summed E-state index contributed by atoms with van der Waals surface area (Å²) in [7, 11) is 0. The summed E-state index contributed by atoms with van der Waals surface area (Å²) in [5, 5.41) is 14.5. The number of nitrogens with one attached hydrogen (secondary N) is 1. The van der Waals surface area contributed by atoms with Crippen LogP contribution in [0.2, 0.25) is 0 Å². The fourth-order valence-corrected chi connectivity index (χ4v) is 4.37. The van der Waals surface area contributed by atoms with E-state index in [0.29, 0.717) is 18.3 Å². The number of hydrogen-bond acceptors (Lipinski definition) is 6. The Kier molecular flexibility index (Phi) is 4.86. The third kappa shape index (κ3) is 3.65. The number of nitrogens with zero attached hydrogens (tertiary/aromatic N) is 3. The molecule has 2 aromatic heterocycles. The molecular weight excluding hydrogens is 344 g/mol. The quantitative estimate of drug-likeness (QED) is 0.765. The Morgan fingerprint density at radius 1 is 1.42 bits per heavy atom. The lowest BCUT2D eigenvalue weighted by atomic mass is 10.2. The Bertz CT molecular complexity index is 691. The van der Waals surface area contributed by atoms with E-state index in [1.807, 2.05) is 11.4 Å². The van der Waals surface area contributed by atoms with Gasteiger partial charge < -0.3 is 10.1 Å². The van der Waals surface area contributed by atoms with Gasteiger partial charge in [-0.25, -0.2) is 0 Å². The van der Waals surface area contributed by atoms with E-state index in [0.717, 1.165) is 48.1 Å². The molecule has 24 heavy (non-hydrogen) atoms. The van der Waals surface area contributed by atoms with Crippen LogP contribution in [0.5, 0.6) is 0 Å². The molecule has 0 spiro atoms. The summed E-state index contributed by atoms with van der Waals surface area (Å²) in [5.41, 5.74) is 0. The first-order chi connectivity index (χ1) is 11.8. The van der Waals surface area contributed by atoms with Gasteiger partial charge in [-0.05, 0) is 37.1 Å². The second-order valence-corrected chi connectivity index (χ2v) is 8.00. The van der Waals surface area contributed by atoms with Crippen molar-refractivity contribution in [2.75, 3.05) is 18.9 Å². The monoisotopic (exact) mass is 364 g/mol.